The van der Waals surface area contributed by atoms with E-state index >= 15 is 0 Å². The minimum absolute atomic E-state index is 0.870. The second-order valence-electron chi connectivity index (χ2n) is 12.8. The molecule has 0 saturated heterocycles. The molecule has 7 aromatic carbocycles. The Hall–Kier alpha value is -6.65. The van der Waals surface area contributed by atoms with Gasteiger partial charge in [0.2, 0.25) is 0 Å². The zero-order chi connectivity index (χ0) is 32.1. The van der Waals surface area contributed by atoms with Crippen LogP contribution in [0, 0.1) is 0 Å². The highest BCUT2D eigenvalue weighted by Gasteiger charge is 2.23. The predicted octanol–water partition coefficient (Wildman–Crippen LogP) is 12.0. The second-order valence-corrected chi connectivity index (χ2v) is 12.8. The van der Waals surface area contributed by atoms with Gasteiger partial charge in [0.25, 0.3) is 0 Å². The SMILES string of the molecule is c1ccc(-c2cc(-n3c4cc5c(cc4c4c6oc7ccccc7c6ccc43)c3ccccc3n5-c3ccccc3)nc3ccccc23)cc1. The molecule has 4 nitrogen and oxygen atoms in total. The van der Waals surface area contributed by atoms with E-state index in [-0.39, 0.29) is 0 Å². The molecule has 0 aliphatic carbocycles. The third-order valence-electron chi connectivity index (χ3n) is 10.1. The summed E-state index contributed by atoms with van der Waals surface area (Å²) in [5.41, 5.74) is 10.7. The number of fused-ring (bicyclic) bond motifs is 11. The lowest BCUT2D eigenvalue weighted by molar-refractivity contribution is 0.673. The number of hydrogen-bond donors (Lipinski definition) is 0. The van der Waals surface area contributed by atoms with Crippen LogP contribution in [0.15, 0.2) is 168 Å². The van der Waals surface area contributed by atoms with E-state index in [0.29, 0.717) is 0 Å². The van der Waals surface area contributed by atoms with Crippen LogP contribution in [0.2, 0.25) is 0 Å². The first kappa shape index (κ1) is 26.4. The molecule has 0 spiro atoms. The lowest BCUT2D eigenvalue weighted by Gasteiger charge is -2.13. The summed E-state index contributed by atoms with van der Waals surface area (Å²) in [7, 11) is 0. The molecule has 4 heteroatoms. The van der Waals surface area contributed by atoms with Gasteiger partial charge in [0.15, 0.2) is 0 Å². The van der Waals surface area contributed by atoms with Gasteiger partial charge in [0.05, 0.1) is 33.0 Å². The van der Waals surface area contributed by atoms with E-state index in [1.54, 1.807) is 0 Å². The third kappa shape index (κ3) is 3.71. The van der Waals surface area contributed by atoms with Crippen molar-refractivity contribution < 1.29 is 4.42 Å². The minimum atomic E-state index is 0.870. The maximum absolute atomic E-state index is 6.72. The predicted molar refractivity (Wildman–Crippen MR) is 203 cm³/mol. The van der Waals surface area contributed by atoms with E-state index in [0.717, 1.165) is 82.8 Å². The fourth-order valence-electron chi connectivity index (χ4n) is 7.98. The van der Waals surface area contributed by atoms with Crippen LogP contribution in [0.5, 0.6) is 0 Å². The van der Waals surface area contributed by atoms with Crippen LogP contribution in [-0.2, 0) is 0 Å². The minimum Gasteiger partial charge on any atom is -0.455 e. The van der Waals surface area contributed by atoms with E-state index < -0.39 is 0 Å². The number of aromatic nitrogens is 3. The number of hydrogen-bond acceptors (Lipinski definition) is 2. The van der Waals surface area contributed by atoms with Crippen molar-refractivity contribution in [1.29, 1.82) is 0 Å². The second kappa shape index (κ2) is 9.93. The van der Waals surface area contributed by atoms with Gasteiger partial charge < -0.3 is 8.98 Å². The van der Waals surface area contributed by atoms with Gasteiger partial charge >= 0.3 is 0 Å². The van der Waals surface area contributed by atoms with Gasteiger partial charge in [0, 0.05) is 38.0 Å². The maximum Gasteiger partial charge on any atom is 0.145 e. The Labute approximate surface area is 280 Å². The number of rotatable bonds is 3. The molecule has 4 aromatic heterocycles. The fourth-order valence-corrected chi connectivity index (χ4v) is 7.98. The van der Waals surface area contributed by atoms with Crippen LogP contribution >= 0.6 is 0 Å². The highest BCUT2D eigenvalue weighted by molar-refractivity contribution is 6.26. The zero-order valence-electron chi connectivity index (χ0n) is 26.3. The standard InChI is InChI=1S/C45H27N3O/c1-3-13-28(14-4-1)34-26-43(46-37-20-10-7-17-30(34)37)48-39-24-23-33-32-19-9-12-22-42(32)49-45(33)44(39)36-25-35-31-18-8-11-21-38(31)47(40(35)27-41(36)48)29-15-5-2-6-16-29/h1-27H. The highest BCUT2D eigenvalue weighted by Crippen LogP contribution is 2.44. The fraction of sp³-hybridized carbons (Fsp3) is 0. The normalized spacial score (nSPS) is 12.1. The van der Waals surface area contributed by atoms with E-state index in [2.05, 4.69) is 167 Å². The molecule has 4 heterocycles. The zero-order valence-corrected chi connectivity index (χ0v) is 26.3. The Bertz CT molecular complexity index is 3090. The van der Waals surface area contributed by atoms with Crippen molar-refractivity contribution in [2.24, 2.45) is 0 Å². The van der Waals surface area contributed by atoms with Crippen LogP contribution in [-0.4, -0.2) is 14.1 Å². The Morgan fingerprint density at radius 1 is 0.429 bits per heavy atom. The lowest BCUT2D eigenvalue weighted by Crippen LogP contribution is -2.00. The first-order valence-electron chi connectivity index (χ1n) is 16.6. The quantitative estimate of drug-likeness (QED) is 0.196. The molecule has 0 fully saturated rings. The molecule has 0 bridgehead atoms. The molecule has 11 rings (SSSR count). The molecule has 0 unspecified atom stereocenters. The van der Waals surface area contributed by atoms with Crippen LogP contribution in [0.3, 0.4) is 0 Å². The third-order valence-corrected chi connectivity index (χ3v) is 10.1. The number of para-hydroxylation sites is 4. The molecule has 0 radical (unpaired) electrons. The summed E-state index contributed by atoms with van der Waals surface area (Å²) in [6.45, 7) is 0. The lowest BCUT2D eigenvalue weighted by atomic mass is 10.0. The summed E-state index contributed by atoms with van der Waals surface area (Å²) < 4.78 is 11.4. The van der Waals surface area contributed by atoms with Gasteiger partial charge in [-0.05, 0) is 71.8 Å². The highest BCUT2D eigenvalue weighted by atomic mass is 16.3. The molecule has 228 valence electrons. The summed E-state index contributed by atoms with van der Waals surface area (Å²) in [4.78, 5) is 5.36. The van der Waals surface area contributed by atoms with Gasteiger partial charge in [-0.2, -0.15) is 0 Å². The molecular formula is C45H27N3O. The number of pyridine rings is 1. The largest absolute Gasteiger partial charge is 0.455 e. The van der Waals surface area contributed by atoms with Gasteiger partial charge in [0.1, 0.15) is 17.0 Å². The van der Waals surface area contributed by atoms with Gasteiger partial charge in [-0.1, -0.05) is 103 Å². The van der Waals surface area contributed by atoms with Crippen molar-refractivity contribution in [1.82, 2.24) is 14.1 Å². The van der Waals surface area contributed by atoms with Crippen molar-refractivity contribution in [2.75, 3.05) is 0 Å². The monoisotopic (exact) mass is 625 g/mol. The first-order valence-corrected chi connectivity index (χ1v) is 16.6. The number of furan rings is 1. The smallest absolute Gasteiger partial charge is 0.145 e. The van der Waals surface area contributed by atoms with E-state index in [9.17, 15) is 0 Å². The average Bonchev–Trinajstić information content (AvgIpc) is 3.81. The van der Waals surface area contributed by atoms with E-state index in [4.69, 9.17) is 9.40 Å². The Balaban J connectivity index is 1.35. The topological polar surface area (TPSA) is 35.9 Å². The van der Waals surface area contributed by atoms with E-state index in [1.807, 2.05) is 6.07 Å². The summed E-state index contributed by atoms with van der Waals surface area (Å²) in [5.74, 6) is 0.870. The Morgan fingerprint density at radius 3 is 1.98 bits per heavy atom. The van der Waals surface area contributed by atoms with Crippen molar-refractivity contribution in [2.45, 2.75) is 0 Å². The molecular weight excluding hydrogens is 599 g/mol. The van der Waals surface area contributed by atoms with Crippen LogP contribution in [0.1, 0.15) is 0 Å². The van der Waals surface area contributed by atoms with Crippen LogP contribution < -0.4 is 0 Å². The molecule has 0 amide bonds. The van der Waals surface area contributed by atoms with Gasteiger partial charge in [-0.15, -0.1) is 0 Å². The summed E-state index contributed by atoms with van der Waals surface area (Å²) in [6.07, 6.45) is 0. The van der Waals surface area contributed by atoms with Gasteiger partial charge in [-0.3, -0.25) is 4.57 Å². The molecule has 0 aliphatic heterocycles. The van der Waals surface area contributed by atoms with Crippen molar-refractivity contribution in [3.05, 3.63) is 164 Å². The van der Waals surface area contributed by atoms with Crippen LogP contribution in [0.4, 0.5) is 0 Å². The number of nitrogens with zero attached hydrogens (tertiary/aromatic N) is 3. The Morgan fingerprint density at radius 2 is 1.12 bits per heavy atom. The van der Waals surface area contributed by atoms with Crippen LogP contribution in [0.25, 0.3) is 99.1 Å². The molecule has 49 heavy (non-hydrogen) atoms. The van der Waals surface area contributed by atoms with Crippen molar-refractivity contribution in [3.8, 4) is 22.6 Å². The summed E-state index contributed by atoms with van der Waals surface area (Å²) in [6, 6.07) is 58.2. The van der Waals surface area contributed by atoms with Crippen molar-refractivity contribution >= 4 is 76.5 Å². The van der Waals surface area contributed by atoms with Gasteiger partial charge in [-0.25, -0.2) is 4.98 Å². The summed E-state index contributed by atoms with van der Waals surface area (Å²) in [5, 5.41) is 8.02. The Kier molecular flexibility index (Phi) is 5.35. The molecule has 0 aliphatic rings. The number of benzene rings is 7. The maximum atomic E-state index is 6.72. The average molecular weight is 626 g/mol. The summed E-state index contributed by atoms with van der Waals surface area (Å²) >= 11 is 0. The molecule has 0 saturated carbocycles. The van der Waals surface area contributed by atoms with Crippen molar-refractivity contribution in [3.63, 3.8) is 0 Å². The first-order chi connectivity index (χ1) is 24.3. The molecule has 11 aromatic rings. The molecule has 0 N–H and O–H groups in total. The van der Waals surface area contributed by atoms with E-state index in [1.165, 1.54) is 16.3 Å². The molecule has 0 atom stereocenters.